The van der Waals surface area contributed by atoms with Crippen molar-refractivity contribution in [3.63, 3.8) is 0 Å². The quantitative estimate of drug-likeness (QED) is 0.681. The summed E-state index contributed by atoms with van der Waals surface area (Å²) in [6, 6.07) is 15.1. The van der Waals surface area contributed by atoms with E-state index >= 15 is 0 Å². The van der Waals surface area contributed by atoms with Crippen LogP contribution in [-0.4, -0.2) is 30.4 Å². The Morgan fingerprint density at radius 2 is 2.04 bits per heavy atom. The Labute approximate surface area is 167 Å². The van der Waals surface area contributed by atoms with E-state index < -0.39 is 0 Å². The third-order valence-corrected chi connectivity index (χ3v) is 5.63. The zero-order valence-electron chi connectivity index (χ0n) is 16.8. The molecule has 1 atom stereocenters. The summed E-state index contributed by atoms with van der Waals surface area (Å²) < 4.78 is 13.2. The molecule has 2 aromatic rings. The predicted octanol–water partition coefficient (Wildman–Crippen LogP) is 5.20. The summed E-state index contributed by atoms with van der Waals surface area (Å²) in [5.41, 5.74) is 2.87. The molecule has 1 saturated heterocycles. The van der Waals surface area contributed by atoms with Crippen LogP contribution in [0.4, 0.5) is 10.1 Å². The van der Waals surface area contributed by atoms with Crippen molar-refractivity contribution in [2.45, 2.75) is 45.4 Å². The van der Waals surface area contributed by atoms with Crippen LogP contribution < -0.4 is 5.32 Å². The highest BCUT2D eigenvalue weighted by Crippen LogP contribution is 2.22. The summed E-state index contributed by atoms with van der Waals surface area (Å²) in [7, 11) is 0. The number of aryl methyl sites for hydroxylation is 2. The van der Waals surface area contributed by atoms with Crippen molar-refractivity contribution in [2.24, 2.45) is 5.92 Å². The maximum atomic E-state index is 13.2. The number of anilines is 1. The number of hydrogen-bond acceptors (Lipinski definition) is 2. The summed E-state index contributed by atoms with van der Waals surface area (Å²) >= 11 is 0. The van der Waals surface area contributed by atoms with E-state index in [0.29, 0.717) is 18.0 Å². The lowest BCUT2D eigenvalue weighted by molar-refractivity contribution is -0.116. The van der Waals surface area contributed by atoms with Gasteiger partial charge < -0.3 is 10.2 Å². The summed E-state index contributed by atoms with van der Waals surface area (Å²) in [5.74, 6) is 0.339. The molecule has 3 nitrogen and oxygen atoms in total. The van der Waals surface area contributed by atoms with E-state index in [-0.39, 0.29) is 11.7 Å². The summed E-state index contributed by atoms with van der Waals surface area (Å²) in [6.07, 6.45) is 6.18. The molecular weight excluding hydrogens is 351 g/mol. The minimum Gasteiger partial charge on any atom is -0.326 e. The molecule has 4 heteroatoms. The van der Waals surface area contributed by atoms with Gasteiger partial charge in [-0.25, -0.2) is 4.39 Å². The van der Waals surface area contributed by atoms with Gasteiger partial charge in [-0.05, 0) is 87.4 Å². The van der Waals surface area contributed by atoms with E-state index in [1.807, 2.05) is 6.92 Å². The van der Waals surface area contributed by atoms with Crippen molar-refractivity contribution in [1.29, 1.82) is 0 Å². The van der Waals surface area contributed by atoms with E-state index in [9.17, 15) is 9.18 Å². The van der Waals surface area contributed by atoms with Gasteiger partial charge in [0.1, 0.15) is 5.82 Å². The Bertz CT molecular complexity index is 762. The van der Waals surface area contributed by atoms with Gasteiger partial charge in [-0.3, -0.25) is 4.79 Å². The number of carbonyl (C=O) groups excluding carboxylic acids is 1. The molecule has 1 aliphatic rings. The highest BCUT2D eigenvalue weighted by molar-refractivity contribution is 5.91. The normalized spacial score (nSPS) is 17.4. The second-order valence-electron chi connectivity index (χ2n) is 7.94. The first-order valence-corrected chi connectivity index (χ1v) is 10.4. The molecule has 0 bridgehead atoms. The molecule has 0 spiro atoms. The van der Waals surface area contributed by atoms with Crippen LogP contribution in [0.25, 0.3) is 0 Å². The number of benzene rings is 2. The third-order valence-electron chi connectivity index (χ3n) is 5.63. The molecule has 28 heavy (non-hydrogen) atoms. The Balaban J connectivity index is 1.37. The van der Waals surface area contributed by atoms with Gasteiger partial charge in [-0.15, -0.1) is 0 Å². The molecule has 0 unspecified atom stereocenters. The van der Waals surface area contributed by atoms with Crippen LogP contribution in [0.5, 0.6) is 0 Å². The van der Waals surface area contributed by atoms with Crippen LogP contribution in [0, 0.1) is 18.7 Å². The molecule has 0 radical (unpaired) electrons. The summed E-state index contributed by atoms with van der Waals surface area (Å²) in [5, 5.41) is 2.92. The fourth-order valence-electron chi connectivity index (χ4n) is 4.06. The van der Waals surface area contributed by atoms with Gasteiger partial charge in [0.2, 0.25) is 5.91 Å². The van der Waals surface area contributed by atoms with Crippen molar-refractivity contribution in [3.8, 4) is 0 Å². The first-order chi connectivity index (χ1) is 13.6. The molecule has 1 N–H and O–H groups in total. The summed E-state index contributed by atoms with van der Waals surface area (Å²) in [4.78, 5) is 14.8. The number of piperidine rings is 1. The minimum atomic E-state index is -0.273. The van der Waals surface area contributed by atoms with E-state index in [1.165, 1.54) is 43.5 Å². The average molecular weight is 383 g/mol. The Kier molecular flexibility index (Phi) is 7.61. The number of nitrogens with zero attached hydrogens (tertiary/aromatic N) is 1. The maximum Gasteiger partial charge on any atom is 0.224 e. The van der Waals surface area contributed by atoms with E-state index in [0.717, 1.165) is 31.5 Å². The molecule has 0 aliphatic carbocycles. The van der Waals surface area contributed by atoms with Crippen molar-refractivity contribution in [2.75, 3.05) is 25.0 Å². The van der Waals surface area contributed by atoms with Gasteiger partial charge in [0.15, 0.2) is 0 Å². The first kappa shape index (κ1) is 20.5. The van der Waals surface area contributed by atoms with Crippen molar-refractivity contribution in [1.82, 2.24) is 4.90 Å². The van der Waals surface area contributed by atoms with Gasteiger partial charge in [-0.1, -0.05) is 30.3 Å². The van der Waals surface area contributed by atoms with Gasteiger partial charge in [0, 0.05) is 18.7 Å². The SMILES string of the molecule is Cc1cc(F)ccc1NC(=O)CC[C@H]1CCCN(CCCc2ccccc2)C1. The van der Waals surface area contributed by atoms with E-state index in [1.54, 1.807) is 6.07 Å². The highest BCUT2D eigenvalue weighted by Gasteiger charge is 2.20. The molecule has 0 aromatic heterocycles. The van der Waals surface area contributed by atoms with Crippen LogP contribution in [0.15, 0.2) is 48.5 Å². The van der Waals surface area contributed by atoms with Crippen molar-refractivity contribution >= 4 is 11.6 Å². The lowest BCUT2D eigenvalue weighted by Crippen LogP contribution is -2.36. The fraction of sp³-hybridized carbons (Fsp3) is 0.458. The molecule has 0 saturated carbocycles. The second-order valence-corrected chi connectivity index (χ2v) is 7.94. The molecule has 1 fully saturated rings. The fourth-order valence-corrected chi connectivity index (χ4v) is 4.06. The molecule has 150 valence electrons. The second kappa shape index (κ2) is 10.4. The van der Waals surface area contributed by atoms with Gasteiger partial charge in [0.25, 0.3) is 0 Å². The van der Waals surface area contributed by atoms with Crippen LogP contribution in [0.2, 0.25) is 0 Å². The number of nitrogens with one attached hydrogen (secondary N) is 1. The number of amides is 1. The van der Waals surface area contributed by atoms with Gasteiger partial charge in [0.05, 0.1) is 0 Å². The van der Waals surface area contributed by atoms with Crippen LogP contribution in [0.3, 0.4) is 0 Å². The standard InChI is InChI=1S/C24H31FN2O/c1-19-17-22(25)12-13-23(19)26-24(28)14-11-21-10-6-16-27(18-21)15-5-9-20-7-3-2-4-8-20/h2-4,7-8,12-13,17,21H,5-6,9-11,14-16,18H2,1H3,(H,26,28)/t21-/m1/s1. The largest absolute Gasteiger partial charge is 0.326 e. The minimum absolute atomic E-state index is 0.0240. The molecule has 1 aliphatic heterocycles. The highest BCUT2D eigenvalue weighted by atomic mass is 19.1. The maximum absolute atomic E-state index is 13.2. The number of carbonyl (C=O) groups is 1. The Hall–Kier alpha value is -2.20. The number of halogens is 1. The van der Waals surface area contributed by atoms with Crippen LogP contribution in [-0.2, 0) is 11.2 Å². The zero-order valence-corrected chi connectivity index (χ0v) is 16.8. The lowest BCUT2D eigenvalue weighted by Gasteiger charge is -2.32. The van der Waals surface area contributed by atoms with Gasteiger partial charge >= 0.3 is 0 Å². The smallest absolute Gasteiger partial charge is 0.224 e. The van der Waals surface area contributed by atoms with Gasteiger partial charge in [-0.2, -0.15) is 0 Å². The Morgan fingerprint density at radius 3 is 2.82 bits per heavy atom. The van der Waals surface area contributed by atoms with Crippen molar-refractivity contribution < 1.29 is 9.18 Å². The monoisotopic (exact) mass is 382 g/mol. The lowest BCUT2D eigenvalue weighted by atomic mass is 9.93. The van der Waals surface area contributed by atoms with Crippen molar-refractivity contribution in [3.05, 3.63) is 65.5 Å². The van der Waals surface area contributed by atoms with E-state index in [4.69, 9.17) is 0 Å². The first-order valence-electron chi connectivity index (χ1n) is 10.4. The number of likely N-dealkylation sites (tertiary alicyclic amines) is 1. The van der Waals surface area contributed by atoms with Crippen LogP contribution >= 0.6 is 0 Å². The third kappa shape index (κ3) is 6.45. The zero-order chi connectivity index (χ0) is 19.8. The molecule has 2 aromatic carbocycles. The number of rotatable bonds is 8. The molecular formula is C24H31FN2O. The molecule has 3 rings (SSSR count). The van der Waals surface area contributed by atoms with E-state index in [2.05, 4.69) is 40.5 Å². The van der Waals surface area contributed by atoms with Crippen LogP contribution in [0.1, 0.15) is 43.2 Å². The Morgan fingerprint density at radius 1 is 1.21 bits per heavy atom. The predicted molar refractivity (Wildman–Crippen MR) is 113 cm³/mol. The number of hydrogen-bond donors (Lipinski definition) is 1. The average Bonchev–Trinajstić information content (AvgIpc) is 2.70. The molecule has 1 amide bonds. The molecule has 1 heterocycles. The topological polar surface area (TPSA) is 32.3 Å². The summed E-state index contributed by atoms with van der Waals surface area (Å²) in [6.45, 7) is 5.21.